The second kappa shape index (κ2) is 5.08. The van der Waals surface area contributed by atoms with Crippen LogP contribution in [0.1, 0.15) is 6.92 Å². The molecule has 0 amide bonds. The Balaban J connectivity index is 3.68. The van der Waals surface area contributed by atoms with Crippen LogP contribution in [0, 0.1) is 0 Å². The molecule has 60 valence electrons. The SMILES string of the molecule is COOCC(C)=C(O)OC. The van der Waals surface area contributed by atoms with E-state index in [1.165, 1.54) is 14.2 Å². The molecule has 0 heterocycles. The van der Waals surface area contributed by atoms with E-state index in [9.17, 15) is 0 Å². The van der Waals surface area contributed by atoms with Crippen LogP contribution in [0.4, 0.5) is 0 Å². The lowest BCUT2D eigenvalue weighted by molar-refractivity contribution is -0.265. The van der Waals surface area contributed by atoms with Gasteiger partial charge in [-0.3, -0.25) is 0 Å². The van der Waals surface area contributed by atoms with Crippen molar-refractivity contribution in [3.05, 3.63) is 11.5 Å². The van der Waals surface area contributed by atoms with Crippen molar-refractivity contribution in [1.29, 1.82) is 0 Å². The number of rotatable bonds is 4. The summed E-state index contributed by atoms with van der Waals surface area (Å²) in [7, 11) is 2.78. The fourth-order valence-electron chi connectivity index (χ4n) is 0.383. The van der Waals surface area contributed by atoms with Crippen molar-refractivity contribution in [1.82, 2.24) is 0 Å². The molecule has 0 aromatic heterocycles. The maximum absolute atomic E-state index is 8.87. The maximum atomic E-state index is 8.87. The quantitative estimate of drug-likeness (QED) is 0.367. The van der Waals surface area contributed by atoms with Gasteiger partial charge in [-0.25, -0.2) is 9.78 Å². The summed E-state index contributed by atoms with van der Waals surface area (Å²) in [6.07, 6.45) is 0. The van der Waals surface area contributed by atoms with Crippen LogP contribution in [0.2, 0.25) is 0 Å². The summed E-state index contributed by atoms with van der Waals surface area (Å²) in [6.45, 7) is 1.88. The van der Waals surface area contributed by atoms with E-state index < -0.39 is 0 Å². The fourth-order valence-corrected chi connectivity index (χ4v) is 0.383. The smallest absolute Gasteiger partial charge is 0.277 e. The number of hydrogen-bond acceptors (Lipinski definition) is 4. The molecule has 4 heteroatoms. The molecule has 0 aliphatic rings. The number of aliphatic hydroxyl groups is 1. The van der Waals surface area contributed by atoms with Crippen LogP contribution in [0.5, 0.6) is 0 Å². The number of hydrogen-bond donors (Lipinski definition) is 1. The van der Waals surface area contributed by atoms with Crippen LogP contribution in [0.15, 0.2) is 11.5 Å². The predicted molar refractivity (Wildman–Crippen MR) is 35.3 cm³/mol. The number of methoxy groups -OCH3 is 1. The highest BCUT2D eigenvalue weighted by Crippen LogP contribution is 2.00. The van der Waals surface area contributed by atoms with Crippen LogP contribution in [0.3, 0.4) is 0 Å². The molecule has 0 aromatic rings. The highest BCUT2D eigenvalue weighted by Gasteiger charge is 1.98. The Morgan fingerprint density at radius 2 is 2.00 bits per heavy atom. The maximum Gasteiger partial charge on any atom is 0.277 e. The molecular weight excluding hydrogens is 136 g/mol. The first-order valence-electron chi connectivity index (χ1n) is 2.80. The van der Waals surface area contributed by atoms with E-state index in [1.807, 2.05) is 0 Å². The van der Waals surface area contributed by atoms with Crippen LogP contribution in [0.25, 0.3) is 0 Å². The van der Waals surface area contributed by atoms with Gasteiger partial charge in [-0.1, -0.05) is 0 Å². The molecule has 0 aliphatic carbocycles. The lowest BCUT2D eigenvalue weighted by Gasteiger charge is -2.02. The third-order valence-electron chi connectivity index (χ3n) is 0.952. The van der Waals surface area contributed by atoms with Gasteiger partial charge in [0.1, 0.15) is 6.61 Å². The Kier molecular flexibility index (Phi) is 4.70. The minimum Gasteiger partial charge on any atom is -0.481 e. The summed E-state index contributed by atoms with van der Waals surface area (Å²) in [4.78, 5) is 8.83. The third kappa shape index (κ3) is 3.32. The summed E-state index contributed by atoms with van der Waals surface area (Å²) in [5, 5.41) is 8.87. The Morgan fingerprint density at radius 1 is 1.40 bits per heavy atom. The molecule has 0 rings (SSSR count). The average Bonchev–Trinajstić information content (AvgIpc) is 1.98. The molecule has 0 fully saturated rings. The lowest BCUT2D eigenvalue weighted by atomic mass is 10.3. The first kappa shape index (κ1) is 9.26. The van der Waals surface area contributed by atoms with Gasteiger partial charge in [0, 0.05) is 5.57 Å². The van der Waals surface area contributed by atoms with Gasteiger partial charge in [-0.15, -0.1) is 0 Å². The summed E-state index contributed by atoms with van der Waals surface area (Å²) >= 11 is 0. The number of ether oxygens (including phenoxy) is 1. The van der Waals surface area contributed by atoms with E-state index in [2.05, 4.69) is 14.5 Å². The van der Waals surface area contributed by atoms with Gasteiger partial charge < -0.3 is 9.84 Å². The van der Waals surface area contributed by atoms with Crippen LogP contribution >= 0.6 is 0 Å². The van der Waals surface area contributed by atoms with Crippen molar-refractivity contribution >= 4 is 0 Å². The first-order valence-corrected chi connectivity index (χ1v) is 2.80. The Morgan fingerprint density at radius 3 is 2.40 bits per heavy atom. The highest BCUT2D eigenvalue weighted by atomic mass is 17.2. The molecule has 0 spiro atoms. The molecule has 0 aromatic carbocycles. The summed E-state index contributed by atoms with van der Waals surface area (Å²) in [5.41, 5.74) is 0.587. The van der Waals surface area contributed by atoms with Crippen LogP contribution in [-0.4, -0.2) is 25.9 Å². The molecule has 0 bridgehead atoms. The van der Waals surface area contributed by atoms with Gasteiger partial charge >= 0.3 is 0 Å². The molecule has 0 radical (unpaired) electrons. The van der Waals surface area contributed by atoms with Gasteiger partial charge in [0.25, 0.3) is 5.95 Å². The minimum atomic E-state index is -0.128. The molecule has 0 saturated carbocycles. The standard InChI is InChI=1S/C6H12O4/c1-5(4-10-9-3)6(7)8-2/h7H,4H2,1-3H3. The summed E-state index contributed by atoms with van der Waals surface area (Å²) < 4.78 is 4.51. The second-order valence-electron chi connectivity index (χ2n) is 1.72. The number of aliphatic hydroxyl groups excluding tert-OH is 1. The summed E-state index contributed by atoms with van der Waals surface area (Å²) in [5.74, 6) is -0.128. The fraction of sp³-hybridized carbons (Fsp3) is 0.667. The molecule has 0 saturated heterocycles. The van der Waals surface area contributed by atoms with Gasteiger partial charge in [-0.05, 0) is 6.92 Å². The first-order chi connectivity index (χ1) is 4.72. The average molecular weight is 148 g/mol. The largest absolute Gasteiger partial charge is 0.481 e. The third-order valence-corrected chi connectivity index (χ3v) is 0.952. The Bertz CT molecular complexity index is 119. The Labute approximate surface area is 59.9 Å². The summed E-state index contributed by atoms with van der Waals surface area (Å²) in [6, 6.07) is 0. The molecule has 10 heavy (non-hydrogen) atoms. The zero-order valence-electron chi connectivity index (χ0n) is 6.38. The van der Waals surface area contributed by atoms with E-state index in [-0.39, 0.29) is 12.6 Å². The molecule has 0 atom stereocenters. The van der Waals surface area contributed by atoms with E-state index in [0.29, 0.717) is 5.57 Å². The topological polar surface area (TPSA) is 47.9 Å². The van der Waals surface area contributed by atoms with E-state index in [1.54, 1.807) is 6.92 Å². The molecule has 4 nitrogen and oxygen atoms in total. The van der Waals surface area contributed by atoms with Crippen molar-refractivity contribution in [2.24, 2.45) is 0 Å². The molecule has 0 aliphatic heterocycles. The van der Waals surface area contributed by atoms with Crippen molar-refractivity contribution in [2.45, 2.75) is 6.92 Å². The van der Waals surface area contributed by atoms with E-state index >= 15 is 0 Å². The van der Waals surface area contributed by atoms with E-state index in [4.69, 9.17) is 5.11 Å². The minimum absolute atomic E-state index is 0.128. The van der Waals surface area contributed by atoms with Crippen LogP contribution in [-0.2, 0) is 14.5 Å². The monoisotopic (exact) mass is 148 g/mol. The van der Waals surface area contributed by atoms with Crippen molar-refractivity contribution in [2.75, 3.05) is 20.8 Å². The van der Waals surface area contributed by atoms with Crippen molar-refractivity contribution < 1.29 is 19.6 Å². The zero-order valence-corrected chi connectivity index (χ0v) is 6.38. The van der Waals surface area contributed by atoms with Crippen LogP contribution < -0.4 is 0 Å². The molecule has 1 N–H and O–H groups in total. The van der Waals surface area contributed by atoms with Gasteiger partial charge in [0.05, 0.1) is 14.2 Å². The van der Waals surface area contributed by atoms with Gasteiger partial charge in [-0.2, -0.15) is 0 Å². The Hall–Kier alpha value is -0.740. The molecular formula is C6H12O4. The van der Waals surface area contributed by atoms with Gasteiger partial charge in [0.2, 0.25) is 0 Å². The van der Waals surface area contributed by atoms with Crippen molar-refractivity contribution in [3.63, 3.8) is 0 Å². The normalized spacial score (nSPS) is 12.7. The van der Waals surface area contributed by atoms with E-state index in [0.717, 1.165) is 0 Å². The second-order valence-corrected chi connectivity index (χ2v) is 1.72. The zero-order chi connectivity index (χ0) is 7.98. The van der Waals surface area contributed by atoms with Gasteiger partial charge in [0.15, 0.2) is 0 Å². The molecule has 0 unspecified atom stereocenters. The highest BCUT2D eigenvalue weighted by molar-refractivity contribution is 4.97. The predicted octanol–water partition coefficient (Wildman–Crippen LogP) is 1.00. The lowest BCUT2D eigenvalue weighted by Crippen LogP contribution is -1.99. The van der Waals surface area contributed by atoms with Crippen molar-refractivity contribution in [3.8, 4) is 0 Å².